The summed E-state index contributed by atoms with van der Waals surface area (Å²) in [4.78, 5) is 12.9. The van der Waals surface area contributed by atoms with E-state index in [1.54, 1.807) is 31.4 Å². The van der Waals surface area contributed by atoms with Gasteiger partial charge in [-0.15, -0.1) is 0 Å². The van der Waals surface area contributed by atoms with Gasteiger partial charge in [0.15, 0.2) is 12.4 Å². The predicted molar refractivity (Wildman–Crippen MR) is 135 cm³/mol. The van der Waals surface area contributed by atoms with Gasteiger partial charge in [-0.3, -0.25) is 0 Å². The molecule has 6 atom stereocenters. The predicted octanol–water partition coefficient (Wildman–Crippen LogP) is 4.41. The molecule has 7 nitrogen and oxygen atoms in total. The Morgan fingerprint density at radius 2 is 1.78 bits per heavy atom. The first-order valence-corrected chi connectivity index (χ1v) is 12.8. The van der Waals surface area contributed by atoms with Gasteiger partial charge in [-0.1, -0.05) is 43.7 Å². The van der Waals surface area contributed by atoms with Gasteiger partial charge in [-0.05, 0) is 55.5 Å². The maximum Gasteiger partial charge on any atom is 0.338 e. The maximum absolute atomic E-state index is 12.9. The molecule has 2 radical (unpaired) electrons. The van der Waals surface area contributed by atoms with Crippen molar-refractivity contribution in [3.8, 4) is 5.75 Å². The molecule has 192 valence electrons. The van der Waals surface area contributed by atoms with Crippen LogP contribution in [-0.4, -0.2) is 64.2 Å². The van der Waals surface area contributed by atoms with Crippen LogP contribution in [0.3, 0.4) is 0 Å². The molecule has 8 heteroatoms. The molecule has 6 unspecified atom stereocenters. The highest BCUT2D eigenvalue weighted by Gasteiger charge is 2.46. The van der Waals surface area contributed by atoms with Crippen LogP contribution in [-0.2, 0) is 30.3 Å². The molecule has 2 fully saturated rings. The molecule has 0 aromatic heterocycles. The van der Waals surface area contributed by atoms with Gasteiger partial charge in [0.1, 0.15) is 25.8 Å². The number of hydrogen-bond acceptors (Lipinski definition) is 7. The first kappa shape index (κ1) is 26.7. The lowest BCUT2D eigenvalue weighted by atomic mass is 9.92. The fourth-order valence-electron chi connectivity index (χ4n) is 4.62. The molecule has 0 spiro atoms. The molecule has 2 heterocycles. The van der Waals surface area contributed by atoms with Gasteiger partial charge in [-0.2, -0.15) is 0 Å². The molecule has 2 aromatic carbocycles. The number of esters is 1. The van der Waals surface area contributed by atoms with Crippen LogP contribution in [0, 0.1) is 0 Å². The number of rotatable bonds is 11. The van der Waals surface area contributed by atoms with Crippen molar-refractivity contribution in [2.75, 3.05) is 13.7 Å². The van der Waals surface area contributed by atoms with Crippen LogP contribution in [0.4, 0.5) is 0 Å². The third kappa shape index (κ3) is 7.10. The molecule has 0 N–H and O–H groups in total. The van der Waals surface area contributed by atoms with E-state index in [-0.39, 0.29) is 25.6 Å². The zero-order valence-electron chi connectivity index (χ0n) is 21.0. The minimum atomic E-state index is -0.773. The third-order valence-electron chi connectivity index (χ3n) is 6.57. The van der Waals surface area contributed by atoms with E-state index < -0.39 is 30.3 Å². The van der Waals surface area contributed by atoms with Gasteiger partial charge in [0.2, 0.25) is 0 Å². The number of methoxy groups -OCH3 is 1. The first-order chi connectivity index (χ1) is 17.6. The summed E-state index contributed by atoms with van der Waals surface area (Å²) < 4.78 is 35.4. The van der Waals surface area contributed by atoms with Crippen molar-refractivity contribution in [3.63, 3.8) is 0 Å². The van der Waals surface area contributed by atoms with Crippen LogP contribution in [0.1, 0.15) is 54.9 Å². The minimum Gasteiger partial charge on any atom is -0.497 e. The van der Waals surface area contributed by atoms with Crippen LogP contribution < -0.4 is 4.74 Å². The SMILES string of the molecule is [B]C1OC(COC2CCCC(CCC)O2)C(OC(=O)c2ccccc2)C1OCc1ccc(OC)cc1. The summed E-state index contributed by atoms with van der Waals surface area (Å²) in [6.45, 7) is 2.62. The lowest BCUT2D eigenvalue weighted by Gasteiger charge is -2.31. The number of benzene rings is 2. The van der Waals surface area contributed by atoms with Crippen LogP contribution in [0.5, 0.6) is 5.75 Å². The molecule has 36 heavy (non-hydrogen) atoms. The van der Waals surface area contributed by atoms with Gasteiger partial charge < -0.3 is 28.4 Å². The Kier molecular flexibility index (Phi) is 9.81. The van der Waals surface area contributed by atoms with Crippen molar-refractivity contribution >= 4 is 13.8 Å². The molecular formula is C28H35BO7. The summed E-state index contributed by atoms with van der Waals surface area (Å²) >= 11 is 0. The zero-order chi connectivity index (χ0) is 25.3. The molecule has 2 saturated heterocycles. The van der Waals surface area contributed by atoms with Crippen molar-refractivity contribution in [1.29, 1.82) is 0 Å². The Morgan fingerprint density at radius 3 is 2.50 bits per heavy atom. The highest BCUT2D eigenvalue weighted by Crippen LogP contribution is 2.29. The zero-order valence-corrected chi connectivity index (χ0v) is 21.0. The Bertz CT molecular complexity index is 937. The van der Waals surface area contributed by atoms with E-state index in [0.717, 1.165) is 43.4 Å². The molecule has 0 aliphatic carbocycles. The van der Waals surface area contributed by atoms with Gasteiger partial charge >= 0.3 is 5.97 Å². The highest BCUT2D eigenvalue weighted by molar-refractivity contribution is 6.11. The third-order valence-corrected chi connectivity index (χ3v) is 6.57. The van der Waals surface area contributed by atoms with Crippen molar-refractivity contribution in [3.05, 3.63) is 65.7 Å². The van der Waals surface area contributed by atoms with Crippen LogP contribution in [0.25, 0.3) is 0 Å². The second-order valence-corrected chi connectivity index (χ2v) is 9.24. The summed E-state index contributed by atoms with van der Waals surface area (Å²) in [6, 6.07) is 15.6. The second-order valence-electron chi connectivity index (χ2n) is 9.24. The average molecular weight is 494 g/mol. The molecular weight excluding hydrogens is 459 g/mol. The van der Waals surface area contributed by atoms with E-state index in [9.17, 15) is 4.79 Å². The van der Waals surface area contributed by atoms with Crippen LogP contribution in [0.15, 0.2) is 54.6 Å². The number of carbonyl (C=O) groups is 1. The highest BCUT2D eigenvalue weighted by atomic mass is 16.7. The summed E-state index contributed by atoms with van der Waals surface area (Å²) in [5.41, 5.74) is 1.39. The fourth-order valence-corrected chi connectivity index (χ4v) is 4.62. The monoisotopic (exact) mass is 494 g/mol. The quantitative estimate of drug-likeness (QED) is 0.339. The van der Waals surface area contributed by atoms with E-state index in [1.165, 1.54) is 0 Å². The Balaban J connectivity index is 1.42. The number of carbonyl (C=O) groups excluding carboxylic acids is 1. The summed E-state index contributed by atoms with van der Waals surface area (Å²) in [5, 5.41) is 0. The van der Waals surface area contributed by atoms with Gasteiger partial charge in [0, 0.05) is 6.00 Å². The molecule has 0 amide bonds. The minimum absolute atomic E-state index is 0.187. The van der Waals surface area contributed by atoms with Crippen molar-refractivity contribution in [2.24, 2.45) is 0 Å². The van der Waals surface area contributed by atoms with E-state index >= 15 is 0 Å². The molecule has 0 saturated carbocycles. The lowest BCUT2D eigenvalue weighted by molar-refractivity contribution is -0.209. The normalized spacial score (nSPS) is 28.1. The smallest absolute Gasteiger partial charge is 0.338 e. The standard InChI is InChI=1S/C28H35BO7/c1-3-8-22-11-7-12-24(34-22)32-18-23-25(36-28(30)20-9-5-4-6-10-20)26(27(29)35-23)33-17-19-13-15-21(31-2)16-14-19/h4-6,9-10,13-16,22-27H,3,7-8,11-12,17-18H2,1-2H3. The fraction of sp³-hybridized carbons (Fsp3) is 0.536. The second kappa shape index (κ2) is 13.2. The van der Waals surface area contributed by atoms with E-state index in [0.29, 0.717) is 5.56 Å². The maximum atomic E-state index is 12.9. The van der Waals surface area contributed by atoms with Crippen molar-refractivity contribution in [1.82, 2.24) is 0 Å². The summed E-state index contributed by atoms with van der Waals surface area (Å²) in [7, 11) is 7.93. The molecule has 2 aliphatic heterocycles. The van der Waals surface area contributed by atoms with E-state index in [1.807, 2.05) is 30.3 Å². The summed E-state index contributed by atoms with van der Waals surface area (Å²) in [6.07, 6.45) is 2.96. The molecule has 4 rings (SSSR count). The Labute approximate surface area is 214 Å². The van der Waals surface area contributed by atoms with Gasteiger partial charge in [0.25, 0.3) is 0 Å². The van der Waals surface area contributed by atoms with Crippen LogP contribution >= 0.6 is 0 Å². The first-order valence-electron chi connectivity index (χ1n) is 12.8. The summed E-state index contributed by atoms with van der Waals surface area (Å²) in [5.74, 6) is 0.302. The Morgan fingerprint density at radius 1 is 1.00 bits per heavy atom. The number of hydrogen-bond donors (Lipinski definition) is 0. The van der Waals surface area contributed by atoms with Crippen molar-refractivity contribution in [2.45, 2.75) is 82.3 Å². The topological polar surface area (TPSA) is 72.5 Å². The lowest BCUT2D eigenvalue weighted by Crippen LogP contribution is -2.41. The average Bonchev–Trinajstić information content (AvgIpc) is 3.21. The number of ether oxygens (including phenoxy) is 6. The van der Waals surface area contributed by atoms with E-state index in [4.69, 9.17) is 36.3 Å². The van der Waals surface area contributed by atoms with Crippen LogP contribution in [0.2, 0.25) is 0 Å². The molecule has 0 bridgehead atoms. The van der Waals surface area contributed by atoms with Gasteiger partial charge in [0.05, 0.1) is 32.0 Å². The van der Waals surface area contributed by atoms with Gasteiger partial charge in [-0.25, -0.2) is 4.79 Å². The molecule has 2 aliphatic rings. The van der Waals surface area contributed by atoms with Crippen molar-refractivity contribution < 1.29 is 33.2 Å². The largest absolute Gasteiger partial charge is 0.497 e. The molecule has 2 aromatic rings. The van der Waals surface area contributed by atoms with E-state index in [2.05, 4.69) is 6.92 Å². The Hall–Kier alpha value is -2.39.